The third-order valence-corrected chi connectivity index (χ3v) is 5.61. The molecule has 8 heteroatoms. The van der Waals surface area contributed by atoms with E-state index in [1.165, 1.54) is 12.6 Å². The molecule has 0 aromatic carbocycles. The van der Waals surface area contributed by atoms with Gasteiger partial charge in [-0.3, -0.25) is 0 Å². The van der Waals surface area contributed by atoms with E-state index in [4.69, 9.17) is 5.73 Å². The van der Waals surface area contributed by atoms with Crippen LogP contribution in [0.1, 0.15) is 32.1 Å². The molecule has 1 saturated carbocycles. The Morgan fingerprint density at radius 3 is 2.77 bits per heavy atom. The van der Waals surface area contributed by atoms with Crippen LogP contribution in [0.15, 0.2) is 29.4 Å². The van der Waals surface area contributed by atoms with Crippen molar-refractivity contribution in [2.45, 2.75) is 42.5 Å². The lowest BCUT2D eigenvalue weighted by molar-refractivity contribution is 0.296. The average molecular weight is 345 g/mol. The highest BCUT2D eigenvalue weighted by Crippen LogP contribution is 2.26. The number of rotatable bonds is 4. The van der Waals surface area contributed by atoms with Crippen LogP contribution in [-0.2, 0) is 10.0 Å². The molecule has 2 aromatic heterocycles. The molecule has 4 N–H and O–H groups in total. The molecular weight excluding hydrogens is 324 g/mol. The second-order valence-corrected chi connectivity index (χ2v) is 7.54. The first-order valence-electron chi connectivity index (χ1n) is 7.21. The first kappa shape index (κ1) is 17.2. The van der Waals surface area contributed by atoms with E-state index in [0.717, 1.165) is 25.7 Å². The number of sulfonamides is 1. The third-order valence-electron chi connectivity index (χ3n) is 4.17. The van der Waals surface area contributed by atoms with E-state index in [2.05, 4.69) is 14.7 Å². The number of fused-ring (bicyclic) bond motifs is 1. The van der Waals surface area contributed by atoms with Gasteiger partial charge in [0, 0.05) is 29.9 Å². The number of nitrogens with one attached hydrogen (secondary N) is 2. The first-order chi connectivity index (χ1) is 10.0. The summed E-state index contributed by atoms with van der Waals surface area (Å²) in [5, 5.41) is 0.597. The Balaban J connectivity index is 0.00000176. The Labute approximate surface area is 136 Å². The minimum absolute atomic E-state index is 0. The van der Waals surface area contributed by atoms with Crippen molar-refractivity contribution in [3.8, 4) is 0 Å². The maximum atomic E-state index is 12.5. The molecule has 22 heavy (non-hydrogen) atoms. The summed E-state index contributed by atoms with van der Waals surface area (Å²) in [5.41, 5.74) is 6.43. The van der Waals surface area contributed by atoms with Crippen LogP contribution in [0, 0.1) is 0 Å². The maximum absolute atomic E-state index is 12.5. The Hall–Kier alpha value is -1.15. The van der Waals surface area contributed by atoms with Gasteiger partial charge in [-0.05, 0) is 25.0 Å². The molecule has 0 amide bonds. The fraction of sp³-hybridized carbons (Fsp3) is 0.500. The van der Waals surface area contributed by atoms with Crippen molar-refractivity contribution in [3.05, 3.63) is 24.5 Å². The van der Waals surface area contributed by atoms with Crippen molar-refractivity contribution >= 4 is 33.5 Å². The molecule has 122 valence electrons. The summed E-state index contributed by atoms with van der Waals surface area (Å²) >= 11 is 0. The van der Waals surface area contributed by atoms with E-state index in [9.17, 15) is 8.42 Å². The molecule has 1 aliphatic rings. The molecule has 2 aromatic rings. The predicted octanol–water partition coefficient (Wildman–Crippen LogP) is 1.92. The second-order valence-electron chi connectivity index (χ2n) is 5.80. The van der Waals surface area contributed by atoms with Gasteiger partial charge in [0.2, 0.25) is 10.0 Å². The zero-order valence-corrected chi connectivity index (χ0v) is 13.8. The van der Waals surface area contributed by atoms with Crippen LogP contribution in [0.2, 0.25) is 0 Å². The highest BCUT2D eigenvalue weighted by Gasteiger charge is 2.30. The van der Waals surface area contributed by atoms with Crippen LogP contribution < -0.4 is 10.5 Å². The van der Waals surface area contributed by atoms with Crippen LogP contribution >= 0.6 is 12.4 Å². The highest BCUT2D eigenvalue weighted by atomic mass is 35.5. The van der Waals surface area contributed by atoms with E-state index in [0.29, 0.717) is 11.0 Å². The van der Waals surface area contributed by atoms with Crippen LogP contribution in [-0.4, -0.2) is 30.5 Å². The number of nitrogens with zero attached hydrogens (tertiary/aromatic N) is 1. The molecule has 0 radical (unpaired) electrons. The third kappa shape index (κ3) is 3.43. The molecule has 0 saturated heterocycles. The Bertz CT molecular complexity index is 738. The summed E-state index contributed by atoms with van der Waals surface area (Å²) in [4.78, 5) is 7.21. The quantitative estimate of drug-likeness (QED) is 0.788. The van der Waals surface area contributed by atoms with Crippen molar-refractivity contribution in [1.82, 2.24) is 14.7 Å². The number of aromatic nitrogens is 2. The van der Waals surface area contributed by atoms with Gasteiger partial charge in [0.25, 0.3) is 0 Å². The minimum atomic E-state index is -3.58. The molecule has 0 bridgehead atoms. The zero-order valence-electron chi connectivity index (χ0n) is 12.2. The zero-order chi connectivity index (χ0) is 14.9. The molecule has 0 unspecified atom stereocenters. The lowest BCUT2D eigenvalue weighted by atomic mass is 9.83. The van der Waals surface area contributed by atoms with Gasteiger partial charge in [0.15, 0.2) is 0 Å². The molecule has 0 aliphatic heterocycles. The molecular formula is C14H21ClN4O2S. The van der Waals surface area contributed by atoms with Crippen molar-refractivity contribution in [2.24, 2.45) is 5.73 Å². The smallest absolute Gasteiger partial charge is 0.242 e. The van der Waals surface area contributed by atoms with Gasteiger partial charge in [-0.25, -0.2) is 18.1 Å². The Morgan fingerprint density at radius 2 is 2.05 bits per heavy atom. The minimum Gasteiger partial charge on any atom is -0.345 e. The van der Waals surface area contributed by atoms with E-state index in [1.54, 1.807) is 18.3 Å². The number of hydrogen-bond acceptors (Lipinski definition) is 4. The van der Waals surface area contributed by atoms with Crippen LogP contribution in [0.25, 0.3) is 11.0 Å². The maximum Gasteiger partial charge on any atom is 0.242 e. The summed E-state index contributed by atoms with van der Waals surface area (Å²) in [6.07, 6.45) is 8.14. The lowest BCUT2D eigenvalue weighted by Gasteiger charge is -2.33. The molecule has 6 nitrogen and oxygen atoms in total. The van der Waals surface area contributed by atoms with Crippen molar-refractivity contribution in [1.29, 1.82) is 0 Å². The molecule has 0 spiro atoms. The molecule has 1 aliphatic carbocycles. The second kappa shape index (κ2) is 6.54. The van der Waals surface area contributed by atoms with Gasteiger partial charge >= 0.3 is 0 Å². The van der Waals surface area contributed by atoms with Crippen LogP contribution in [0.3, 0.4) is 0 Å². The van der Waals surface area contributed by atoms with Gasteiger partial charge in [0.05, 0.1) is 0 Å². The monoisotopic (exact) mass is 344 g/mol. The first-order valence-corrected chi connectivity index (χ1v) is 8.69. The number of H-pyrrole nitrogens is 1. The van der Waals surface area contributed by atoms with Crippen molar-refractivity contribution in [2.75, 3.05) is 6.54 Å². The van der Waals surface area contributed by atoms with Crippen LogP contribution in [0.5, 0.6) is 0 Å². The van der Waals surface area contributed by atoms with Gasteiger partial charge in [-0.1, -0.05) is 19.3 Å². The Morgan fingerprint density at radius 1 is 1.32 bits per heavy atom. The lowest BCUT2D eigenvalue weighted by Crippen LogP contribution is -2.51. The fourth-order valence-electron chi connectivity index (χ4n) is 2.90. The van der Waals surface area contributed by atoms with Crippen LogP contribution in [0.4, 0.5) is 0 Å². The van der Waals surface area contributed by atoms with Crippen molar-refractivity contribution < 1.29 is 8.42 Å². The highest BCUT2D eigenvalue weighted by molar-refractivity contribution is 7.89. The molecule has 3 rings (SSSR count). The van der Waals surface area contributed by atoms with Gasteiger partial charge in [-0.2, -0.15) is 0 Å². The largest absolute Gasteiger partial charge is 0.345 e. The number of hydrogen-bond donors (Lipinski definition) is 3. The average Bonchev–Trinajstić information content (AvgIpc) is 2.91. The predicted molar refractivity (Wildman–Crippen MR) is 88.5 cm³/mol. The van der Waals surface area contributed by atoms with E-state index < -0.39 is 15.6 Å². The van der Waals surface area contributed by atoms with E-state index in [1.807, 2.05) is 0 Å². The van der Waals surface area contributed by atoms with Gasteiger partial charge < -0.3 is 10.7 Å². The van der Waals surface area contributed by atoms with E-state index in [-0.39, 0.29) is 23.8 Å². The molecule has 2 heterocycles. The summed E-state index contributed by atoms with van der Waals surface area (Å²) in [7, 11) is -3.58. The molecule has 1 fully saturated rings. The molecule has 0 atom stereocenters. The van der Waals surface area contributed by atoms with Gasteiger partial charge in [0.1, 0.15) is 10.5 Å². The summed E-state index contributed by atoms with van der Waals surface area (Å²) in [6, 6.07) is 3.47. The number of aromatic amines is 1. The topological polar surface area (TPSA) is 101 Å². The number of pyridine rings is 1. The standard InChI is InChI=1S/C14H20N4O2S.ClH/c15-14(6-2-1-3-7-14)10-18-21(19,20)12-9-17-13-11(12)5-4-8-16-13;/h4-5,8-9,18H,1-3,6-7,10,15H2,(H,16,17);1H. The summed E-state index contributed by atoms with van der Waals surface area (Å²) in [6.45, 7) is 0.280. The summed E-state index contributed by atoms with van der Waals surface area (Å²) in [5.74, 6) is 0. The Kier molecular flexibility index (Phi) is 5.11. The van der Waals surface area contributed by atoms with Crippen molar-refractivity contribution in [3.63, 3.8) is 0 Å². The number of nitrogens with two attached hydrogens (primary N) is 1. The summed E-state index contributed by atoms with van der Waals surface area (Å²) < 4.78 is 27.6. The number of halogens is 1. The van der Waals surface area contributed by atoms with E-state index >= 15 is 0 Å². The SMILES string of the molecule is Cl.NC1(CNS(=O)(=O)c2c[nH]c3ncccc23)CCCCC1. The normalized spacial score (nSPS) is 18.0. The fourth-order valence-corrected chi connectivity index (χ4v) is 4.20. The van der Waals surface area contributed by atoms with Gasteiger partial charge in [-0.15, -0.1) is 12.4 Å².